The molecule has 0 saturated carbocycles. The summed E-state index contributed by atoms with van der Waals surface area (Å²) in [7, 11) is 0. The lowest BCUT2D eigenvalue weighted by molar-refractivity contribution is 0.0519. The molecule has 2 aromatic carbocycles. The number of benzene rings is 2. The van der Waals surface area contributed by atoms with Crippen molar-refractivity contribution in [3.63, 3.8) is 0 Å². The lowest BCUT2D eigenvalue weighted by Gasteiger charge is -2.34. The van der Waals surface area contributed by atoms with E-state index in [9.17, 15) is 9.59 Å². The summed E-state index contributed by atoms with van der Waals surface area (Å²) in [5.74, 6) is 0.109. The van der Waals surface area contributed by atoms with Crippen LogP contribution in [0.1, 0.15) is 20.9 Å². The first-order chi connectivity index (χ1) is 13.0. The normalized spacial score (nSPS) is 14.6. The summed E-state index contributed by atoms with van der Waals surface area (Å²) >= 11 is 9.31. The molecule has 5 nitrogen and oxygen atoms in total. The molecule has 2 heterocycles. The molecule has 0 N–H and O–H groups in total. The largest absolute Gasteiger partial charge is 0.450 e. The van der Waals surface area contributed by atoms with Crippen LogP contribution in [0.4, 0.5) is 0 Å². The SMILES string of the molecule is O=C(c1ccc(Cl)cc1)N1CCN(C(=O)c2cc3cccc(Br)c3o2)CC1. The Labute approximate surface area is 169 Å². The van der Waals surface area contributed by atoms with Crippen LogP contribution in [-0.4, -0.2) is 47.8 Å². The van der Waals surface area contributed by atoms with E-state index in [1.807, 2.05) is 18.2 Å². The quantitative estimate of drug-likeness (QED) is 0.583. The molecular formula is C20H16BrClN2O3. The number of nitrogens with zero attached hydrogens (tertiary/aromatic N) is 2. The van der Waals surface area contributed by atoms with E-state index in [4.69, 9.17) is 16.0 Å². The molecule has 27 heavy (non-hydrogen) atoms. The monoisotopic (exact) mass is 446 g/mol. The van der Waals surface area contributed by atoms with Gasteiger partial charge in [-0.05, 0) is 52.3 Å². The fraction of sp³-hybridized carbons (Fsp3) is 0.200. The van der Waals surface area contributed by atoms with Gasteiger partial charge in [0.25, 0.3) is 11.8 Å². The van der Waals surface area contributed by atoms with Crippen LogP contribution in [-0.2, 0) is 0 Å². The number of carbonyl (C=O) groups excluding carboxylic acids is 2. The summed E-state index contributed by atoms with van der Waals surface area (Å²) in [6.45, 7) is 1.90. The molecule has 0 bridgehead atoms. The summed E-state index contributed by atoms with van der Waals surface area (Å²) in [6.07, 6.45) is 0. The number of carbonyl (C=O) groups is 2. The molecule has 1 fully saturated rings. The van der Waals surface area contributed by atoms with Gasteiger partial charge in [-0.1, -0.05) is 23.7 Å². The highest BCUT2D eigenvalue weighted by molar-refractivity contribution is 9.10. The van der Waals surface area contributed by atoms with Crippen LogP contribution in [0.2, 0.25) is 5.02 Å². The maximum absolute atomic E-state index is 12.8. The molecule has 0 aliphatic carbocycles. The van der Waals surface area contributed by atoms with Crippen molar-refractivity contribution >= 4 is 50.3 Å². The number of amides is 2. The Morgan fingerprint density at radius 1 is 0.926 bits per heavy atom. The van der Waals surface area contributed by atoms with Gasteiger partial charge in [0.1, 0.15) is 5.58 Å². The van der Waals surface area contributed by atoms with Crippen LogP contribution in [0, 0.1) is 0 Å². The minimum absolute atomic E-state index is 0.0496. The maximum atomic E-state index is 12.8. The average Bonchev–Trinajstić information content (AvgIpc) is 3.13. The second kappa shape index (κ2) is 7.37. The van der Waals surface area contributed by atoms with Gasteiger partial charge in [-0.25, -0.2) is 0 Å². The molecule has 0 radical (unpaired) electrons. The Morgan fingerprint density at radius 3 is 2.19 bits per heavy atom. The summed E-state index contributed by atoms with van der Waals surface area (Å²) < 4.78 is 6.55. The molecule has 7 heteroatoms. The molecule has 0 unspecified atom stereocenters. The van der Waals surface area contributed by atoms with Crippen LogP contribution in [0.5, 0.6) is 0 Å². The summed E-state index contributed by atoms with van der Waals surface area (Å²) in [5, 5.41) is 1.48. The van der Waals surface area contributed by atoms with E-state index in [1.165, 1.54) is 0 Å². The highest BCUT2D eigenvalue weighted by Gasteiger charge is 2.27. The van der Waals surface area contributed by atoms with Gasteiger partial charge in [-0.2, -0.15) is 0 Å². The highest BCUT2D eigenvalue weighted by Crippen LogP contribution is 2.27. The molecule has 1 aliphatic rings. The standard InChI is InChI=1S/C20H16BrClN2O3/c21-16-3-1-2-14-12-17(27-18(14)16)20(26)24-10-8-23(9-11-24)19(25)13-4-6-15(22)7-5-13/h1-7,12H,8-11H2. The second-order valence-corrected chi connectivity index (χ2v) is 7.65. The number of piperazine rings is 1. The van der Waals surface area contributed by atoms with Crippen molar-refractivity contribution in [3.05, 3.63) is 69.3 Å². The van der Waals surface area contributed by atoms with E-state index in [0.29, 0.717) is 48.1 Å². The van der Waals surface area contributed by atoms with Crippen LogP contribution in [0.3, 0.4) is 0 Å². The topological polar surface area (TPSA) is 53.8 Å². The minimum atomic E-state index is -0.156. The number of halogens is 2. The second-order valence-electron chi connectivity index (χ2n) is 6.36. The number of fused-ring (bicyclic) bond motifs is 1. The van der Waals surface area contributed by atoms with E-state index < -0.39 is 0 Å². The van der Waals surface area contributed by atoms with Gasteiger partial charge in [0.05, 0.1) is 4.47 Å². The number of hydrogen-bond acceptors (Lipinski definition) is 3. The molecular weight excluding hydrogens is 432 g/mol. The zero-order valence-corrected chi connectivity index (χ0v) is 16.7. The lowest BCUT2D eigenvalue weighted by atomic mass is 10.2. The maximum Gasteiger partial charge on any atom is 0.289 e. The first-order valence-corrected chi connectivity index (χ1v) is 9.72. The van der Waals surface area contributed by atoms with Gasteiger partial charge in [0.2, 0.25) is 0 Å². The molecule has 2 amide bonds. The third kappa shape index (κ3) is 3.59. The van der Waals surface area contributed by atoms with E-state index in [1.54, 1.807) is 40.1 Å². The van der Waals surface area contributed by atoms with Crippen LogP contribution >= 0.6 is 27.5 Å². The number of rotatable bonds is 2. The van der Waals surface area contributed by atoms with Crippen molar-refractivity contribution in [2.75, 3.05) is 26.2 Å². The zero-order valence-electron chi connectivity index (χ0n) is 14.3. The van der Waals surface area contributed by atoms with Gasteiger partial charge in [0.15, 0.2) is 5.76 Å². The zero-order chi connectivity index (χ0) is 19.0. The fourth-order valence-electron chi connectivity index (χ4n) is 3.18. The summed E-state index contributed by atoms with van der Waals surface area (Å²) in [5.41, 5.74) is 1.26. The molecule has 4 rings (SSSR count). The first-order valence-electron chi connectivity index (χ1n) is 8.55. The van der Waals surface area contributed by atoms with Crippen LogP contribution < -0.4 is 0 Å². The minimum Gasteiger partial charge on any atom is -0.450 e. The average molecular weight is 448 g/mol. The lowest BCUT2D eigenvalue weighted by Crippen LogP contribution is -2.50. The fourth-order valence-corrected chi connectivity index (χ4v) is 3.76. The highest BCUT2D eigenvalue weighted by atomic mass is 79.9. The molecule has 1 aliphatic heterocycles. The number of hydrogen-bond donors (Lipinski definition) is 0. The van der Waals surface area contributed by atoms with Gasteiger partial charge < -0.3 is 14.2 Å². The Hall–Kier alpha value is -2.31. The van der Waals surface area contributed by atoms with Gasteiger partial charge >= 0.3 is 0 Å². The van der Waals surface area contributed by atoms with Gasteiger partial charge in [-0.15, -0.1) is 0 Å². The number of furan rings is 1. The van der Waals surface area contributed by atoms with Crippen molar-refractivity contribution in [2.45, 2.75) is 0 Å². The summed E-state index contributed by atoms with van der Waals surface area (Å²) in [6, 6.07) is 14.3. The first kappa shape index (κ1) is 18.1. The number of para-hydroxylation sites is 1. The Kier molecular flexibility index (Phi) is 4.93. The van der Waals surface area contributed by atoms with Crippen molar-refractivity contribution in [1.82, 2.24) is 9.80 Å². The summed E-state index contributed by atoms with van der Waals surface area (Å²) in [4.78, 5) is 28.8. The Bertz CT molecular complexity index is 1010. The van der Waals surface area contributed by atoms with Crippen molar-refractivity contribution in [1.29, 1.82) is 0 Å². The van der Waals surface area contributed by atoms with Gasteiger partial charge in [0, 0.05) is 42.2 Å². The van der Waals surface area contributed by atoms with Crippen molar-refractivity contribution in [2.24, 2.45) is 0 Å². The molecule has 3 aromatic rings. The van der Waals surface area contributed by atoms with Crippen molar-refractivity contribution in [3.8, 4) is 0 Å². The van der Waals surface area contributed by atoms with E-state index in [0.717, 1.165) is 9.86 Å². The predicted molar refractivity (Wildman–Crippen MR) is 107 cm³/mol. The Balaban J connectivity index is 1.43. The molecule has 138 valence electrons. The third-order valence-electron chi connectivity index (χ3n) is 4.65. The van der Waals surface area contributed by atoms with Crippen LogP contribution in [0.15, 0.2) is 57.4 Å². The molecule has 1 aromatic heterocycles. The predicted octanol–water partition coefficient (Wildman–Crippen LogP) is 4.45. The molecule has 0 atom stereocenters. The van der Waals surface area contributed by atoms with E-state index >= 15 is 0 Å². The van der Waals surface area contributed by atoms with Gasteiger partial charge in [-0.3, -0.25) is 9.59 Å². The molecule has 1 saturated heterocycles. The van der Waals surface area contributed by atoms with Crippen molar-refractivity contribution < 1.29 is 14.0 Å². The van der Waals surface area contributed by atoms with E-state index in [2.05, 4.69) is 15.9 Å². The smallest absolute Gasteiger partial charge is 0.289 e. The third-order valence-corrected chi connectivity index (χ3v) is 5.53. The Morgan fingerprint density at radius 2 is 1.56 bits per heavy atom. The van der Waals surface area contributed by atoms with Crippen LogP contribution in [0.25, 0.3) is 11.0 Å². The molecule has 0 spiro atoms. The van der Waals surface area contributed by atoms with E-state index in [-0.39, 0.29) is 11.8 Å².